The monoisotopic (exact) mass is 306 g/mol. The minimum absolute atomic E-state index is 0.261. The molecule has 3 heterocycles. The van der Waals surface area contributed by atoms with Gasteiger partial charge in [-0.05, 0) is 19.0 Å². The second-order valence-electron chi connectivity index (χ2n) is 5.34. The van der Waals surface area contributed by atoms with Crippen LogP contribution in [-0.4, -0.2) is 40.5 Å². The summed E-state index contributed by atoms with van der Waals surface area (Å²) in [6.45, 7) is 3.18. The van der Waals surface area contributed by atoms with Crippen molar-refractivity contribution < 1.29 is 9.53 Å². The molecule has 0 aromatic carbocycles. The van der Waals surface area contributed by atoms with Crippen molar-refractivity contribution in [3.05, 3.63) is 17.3 Å². The Morgan fingerprint density at radius 2 is 2.52 bits per heavy atom. The number of carbonyl (C=O) groups is 1. The van der Waals surface area contributed by atoms with Crippen LogP contribution in [0.25, 0.3) is 0 Å². The van der Waals surface area contributed by atoms with E-state index in [0.717, 1.165) is 13.0 Å². The average molecular weight is 307 g/mol. The fraction of sp³-hybridized carbons (Fsp3) is 0.500. The zero-order valence-corrected chi connectivity index (χ0v) is 12.4. The Bertz CT molecular complexity index is 630. The molecule has 2 aliphatic heterocycles. The molecule has 1 aromatic heterocycles. The highest BCUT2D eigenvalue weighted by Gasteiger charge is 2.54. The third kappa shape index (κ3) is 2.23. The minimum atomic E-state index is -1.06. The van der Waals surface area contributed by atoms with E-state index >= 15 is 0 Å². The second kappa shape index (κ2) is 5.17. The average Bonchev–Trinajstić information content (AvgIpc) is 2.81. The SMILES string of the molecule is CCCN1C[C@@]2(C[C@H]1C#N)Oc1c(Cl)ccnc1NC2=O. The highest BCUT2D eigenvalue weighted by molar-refractivity contribution is 6.32. The largest absolute Gasteiger partial charge is 0.470 e. The quantitative estimate of drug-likeness (QED) is 0.901. The number of nitrogens with zero attached hydrogens (tertiary/aromatic N) is 3. The molecule has 0 aliphatic carbocycles. The molecule has 7 heteroatoms. The molecule has 2 aliphatic rings. The number of fused-ring (bicyclic) bond motifs is 1. The molecule has 2 atom stereocenters. The summed E-state index contributed by atoms with van der Waals surface area (Å²) in [6, 6.07) is 3.54. The predicted octanol–water partition coefficient (Wildman–Crippen LogP) is 1.81. The summed E-state index contributed by atoms with van der Waals surface area (Å²) >= 11 is 6.12. The predicted molar refractivity (Wildman–Crippen MR) is 77.1 cm³/mol. The number of ether oxygens (including phenoxy) is 1. The molecule has 1 spiro atoms. The number of likely N-dealkylation sites (tertiary alicyclic amines) is 1. The summed E-state index contributed by atoms with van der Waals surface area (Å²) in [5.74, 6) is 0.456. The van der Waals surface area contributed by atoms with Gasteiger partial charge < -0.3 is 10.1 Å². The van der Waals surface area contributed by atoms with Gasteiger partial charge in [-0.15, -0.1) is 0 Å². The Labute approximate surface area is 127 Å². The molecule has 0 saturated carbocycles. The summed E-state index contributed by atoms with van der Waals surface area (Å²) in [7, 11) is 0. The number of hydrogen-bond acceptors (Lipinski definition) is 5. The Balaban J connectivity index is 1.95. The van der Waals surface area contributed by atoms with Gasteiger partial charge in [0.05, 0.1) is 11.1 Å². The van der Waals surface area contributed by atoms with Crippen LogP contribution in [0.2, 0.25) is 5.02 Å². The number of anilines is 1. The lowest BCUT2D eigenvalue weighted by Gasteiger charge is -2.34. The third-order valence-electron chi connectivity index (χ3n) is 3.88. The number of aromatic nitrogens is 1. The zero-order valence-electron chi connectivity index (χ0n) is 11.6. The van der Waals surface area contributed by atoms with Gasteiger partial charge in [-0.2, -0.15) is 5.26 Å². The summed E-state index contributed by atoms with van der Waals surface area (Å²) in [4.78, 5) is 18.5. The highest BCUT2D eigenvalue weighted by Crippen LogP contribution is 2.42. The van der Waals surface area contributed by atoms with Gasteiger partial charge in [0.2, 0.25) is 5.60 Å². The van der Waals surface area contributed by atoms with Crippen LogP contribution in [0, 0.1) is 11.3 Å². The van der Waals surface area contributed by atoms with Crippen LogP contribution in [-0.2, 0) is 4.79 Å². The van der Waals surface area contributed by atoms with Crippen LogP contribution in [0.4, 0.5) is 5.82 Å². The van der Waals surface area contributed by atoms with Crippen LogP contribution in [0.1, 0.15) is 19.8 Å². The lowest BCUT2D eigenvalue weighted by molar-refractivity contribution is -0.131. The zero-order chi connectivity index (χ0) is 15.0. The summed E-state index contributed by atoms with van der Waals surface area (Å²) in [5.41, 5.74) is -1.06. The number of pyridine rings is 1. The van der Waals surface area contributed by atoms with Crippen molar-refractivity contribution in [2.24, 2.45) is 0 Å². The molecule has 1 amide bonds. The van der Waals surface area contributed by atoms with Crippen LogP contribution in [0.15, 0.2) is 12.3 Å². The fourth-order valence-electron chi connectivity index (χ4n) is 2.91. The Morgan fingerprint density at radius 1 is 1.71 bits per heavy atom. The van der Waals surface area contributed by atoms with Crippen molar-refractivity contribution in [1.29, 1.82) is 5.26 Å². The van der Waals surface area contributed by atoms with Crippen LogP contribution in [0.3, 0.4) is 0 Å². The number of amides is 1. The van der Waals surface area contributed by atoms with E-state index in [1.165, 1.54) is 6.20 Å². The summed E-state index contributed by atoms with van der Waals surface area (Å²) < 4.78 is 5.93. The molecule has 6 nitrogen and oxygen atoms in total. The first-order chi connectivity index (χ1) is 10.1. The van der Waals surface area contributed by atoms with E-state index in [-0.39, 0.29) is 11.9 Å². The van der Waals surface area contributed by atoms with E-state index in [0.29, 0.717) is 29.6 Å². The molecule has 1 aromatic rings. The lowest BCUT2D eigenvalue weighted by Crippen LogP contribution is -2.53. The van der Waals surface area contributed by atoms with Crippen molar-refractivity contribution in [3.63, 3.8) is 0 Å². The molecule has 110 valence electrons. The molecule has 1 saturated heterocycles. The second-order valence-corrected chi connectivity index (χ2v) is 5.75. The van der Waals surface area contributed by atoms with E-state index in [1.807, 2.05) is 11.8 Å². The molecule has 1 fully saturated rings. The number of carbonyl (C=O) groups excluding carboxylic acids is 1. The highest BCUT2D eigenvalue weighted by atomic mass is 35.5. The molecule has 0 bridgehead atoms. The normalized spacial score (nSPS) is 27.9. The molecule has 0 radical (unpaired) electrons. The maximum Gasteiger partial charge on any atom is 0.271 e. The molecule has 0 unspecified atom stereocenters. The fourth-order valence-corrected chi connectivity index (χ4v) is 3.09. The smallest absolute Gasteiger partial charge is 0.271 e. The number of rotatable bonds is 2. The maximum atomic E-state index is 12.4. The number of halogens is 1. The third-order valence-corrected chi connectivity index (χ3v) is 4.18. The summed E-state index contributed by atoms with van der Waals surface area (Å²) in [6.07, 6.45) is 2.76. The standard InChI is InChI=1S/C14H15ClN4O2/c1-2-5-19-8-14(6-9(19)7-16)13(20)18-12-11(21-14)10(15)3-4-17-12/h3-4,9H,2,5-6,8H2,1H3,(H,17,18,20)/t9-,14+/m0/s1. The van der Waals surface area contributed by atoms with Gasteiger partial charge in [0.25, 0.3) is 5.91 Å². The van der Waals surface area contributed by atoms with Gasteiger partial charge in [0.1, 0.15) is 6.04 Å². The minimum Gasteiger partial charge on any atom is -0.470 e. The lowest BCUT2D eigenvalue weighted by atomic mass is 9.97. The van der Waals surface area contributed by atoms with Crippen LogP contribution >= 0.6 is 11.6 Å². The van der Waals surface area contributed by atoms with Crippen LogP contribution in [0.5, 0.6) is 5.75 Å². The van der Waals surface area contributed by atoms with Gasteiger partial charge >= 0.3 is 0 Å². The number of hydrogen-bond donors (Lipinski definition) is 1. The van der Waals surface area contributed by atoms with E-state index in [4.69, 9.17) is 16.3 Å². The van der Waals surface area contributed by atoms with E-state index in [2.05, 4.69) is 16.4 Å². The number of nitrogens with one attached hydrogen (secondary N) is 1. The van der Waals surface area contributed by atoms with Gasteiger partial charge in [-0.3, -0.25) is 9.69 Å². The van der Waals surface area contributed by atoms with Gasteiger partial charge in [0.15, 0.2) is 11.6 Å². The molecule has 3 rings (SSSR count). The molecular formula is C14H15ClN4O2. The Kier molecular flexibility index (Phi) is 3.47. The van der Waals surface area contributed by atoms with Crippen LogP contribution < -0.4 is 10.1 Å². The summed E-state index contributed by atoms with van der Waals surface area (Å²) in [5, 5.41) is 12.4. The van der Waals surface area contributed by atoms with Crippen molar-refractivity contribution in [2.45, 2.75) is 31.4 Å². The van der Waals surface area contributed by atoms with Crippen molar-refractivity contribution >= 4 is 23.3 Å². The van der Waals surface area contributed by atoms with Crippen molar-refractivity contribution in [3.8, 4) is 11.8 Å². The maximum absolute atomic E-state index is 12.4. The van der Waals surface area contributed by atoms with Gasteiger partial charge in [-0.25, -0.2) is 4.98 Å². The first kappa shape index (κ1) is 14.1. The Morgan fingerprint density at radius 3 is 3.24 bits per heavy atom. The molecule has 1 N–H and O–H groups in total. The van der Waals surface area contributed by atoms with Crippen molar-refractivity contribution in [1.82, 2.24) is 9.88 Å². The first-order valence-electron chi connectivity index (χ1n) is 6.88. The van der Waals surface area contributed by atoms with E-state index < -0.39 is 5.60 Å². The molecule has 21 heavy (non-hydrogen) atoms. The van der Waals surface area contributed by atoms with E-state index in [1.54, 1.807) is 6.07 Å². The van der Waals surface area contributed by atoms with E-state index in [9.17, 15) is 10.1 Å². The van der Waals surface area contributed by atoms with Gasteiger partial charge in [-0.1, -0.05) is 18.5 Å². The first-order valence-corrected chi connectivity index (χ1v) is 7.26. The molecular weight excluding hydrogens is 292 g/mol. The Hall–Kier alpha value is -1.84. The van der Waals surface area contributed by atoms with Gasteiger partial charge in [0, 0.05) is 19.2 Å². The number of nitriles is 1. The van der Waals surface area contributed by atoms with Crippen molar-refractivity contribution in [2.75, 3.05) is 18.4 Å². The topological polar surface area (TPSA) is 78.2 Å².